The molecule has 0 N–H and O–H groups in total. The van der Waals surface area contributed by atoms with Gasteiger partial charge in [-0.05, 0) is 30.1 Å². The third-order valence-corrected chi connectivity index (χ3v) is 3.37. The average Bonchev–Trinajstić information content (AvgIpc) is 2.28. The van der Waals surface area contributed by atoms with Crippen LogP contribution >= 0.6 is 11.8 Å². The van der Waals surface area contributed by atoms with Crippen molar-refractivity contribution in [2.75, 3.05) is 5.75 Å². The quantitative estimate of drug-likeness (QED) is 0.744. The predicted octanol–water partition coefficient (Wildman–Crippen LogP) is 3.93. The van der Waals surface area contributed by atoms with E-state index in [4.69, 9.17) is 0 Å². The molecule has 0 unspecified atom stereocenters. The van der Waals surface area contributed by atoms with Crippen LogP contribution in [-0.2, 0) is 11.2 Å². The van der Waals surface area contributed by atoms with E-state index >= 15 is 0 Å². The standard InChI is InChI=1S/C14H20OS/c1-3-16-14(15)11-12(2)9-10-13-7-5-4-6-8-13/h4-8,12H,3,9-11H2,1-2H3/t12-/m1/s1. The van der Waals surface area contributed by atoms with Gasteiger partial charge in [0.15, 0.2) is 5.12 Å². The lowest BCUT2D eigenvalue weighted by Gasteiger charge is -2.09. The molecule has 0 amide bonds. The number of hydrogen-bond donors (Lipinski definition) is 0. The summed E-state index contributed by atoms with van der Waals surface area (Å²) in [5.41, 5.74) is 1.37. The molecule has 0 heterocycles. The van der Waals surface area contributed by atoms with Gasteiger partial charge in [-0.2, -0.15) is 0 Å². The lowest BCUT2D eigenvalue weighted by molar-refractivity contribution is -0.111. The summed E-state index contributed by atoms with van der Waals surface area (Å²) in [5, 5.41) is 0.336. The van der Waals surface area contributed by atoms with E-state index < -0.39 is 0 Å². The molecule has 1 rings (SSSR count). The van der Waals surface area contributed by atoms with E-state index in [9.17, 15) is 4.79 Å². The van der Waals surface area contributed by atoms with E-state index in [1.54, 1.807) is 0 Å². The largest absolute Gasteiger partial charge is 0.287 e. The van der Waals surface area contributed by atoms with Gasteiger partial charge in [0.1, 0.15) is 0 Å². The van der Waals surface area contributed by atoms with Gasteiger partial charge in [-0.1, -0.05) is 55.9 Å². The Hall–Kier alpha value is -0.760. The predicted molar refractivity (Wildman–Crippen MR) is 71.7 cm³/mol. The summed E-state index contributed by atoms with van der Waals surface area (Å²) in [6.45, 7) is 4.19. The van der Waals surface area contributed by atoms with Crippen molar-refractivity contribution < 1.29 is 4.79 Å². The summed E-state index contributed by atoms with van der Waals surface area (Å²) < 4.78 is 0. The maximum Gasteiger partial charge on any atom is 0.189 e. The Morgan fingerprint density at radius 2 is 2.00 bits per heavy atom. The highest BCUT2D eigenvalue weighted by Gasteiger charge is 2.08. The summed E-state index contributed by atoms with van der Waals surface area (Å²) in [5.74, 6) is 1.39. The Morgan fingerprint density at radius 1 is 1.31 bits per heavy atom. The first-order valence-electron chi connectivity index (χ1n) is 5.92. The molecule has 0 bridgehead atoms. The molecule has 0 radical (unpaired) electrons. The number of carbonyl (C=O) groups is 1. The monoisotopic (exact) mass is 236 g/mol. The lowest BCUT2D eigenvalue weighted by atomic mass is 9.99. The summed E-state index contributed by atoms with van der Waals surface area (Å²) >= 11 is 1.44. The minimum atomic E-state index is 0.336. The van der Waals surface area contributed by atoms with E-state index in [1.807, 2.05) is 13.0 Å². The third kappa shape index (κ3) is 5.36. The van der Waals surface area contributed by atoms with E-state index in [0.29, 0.717) is 17.5 Å². The summed E-state index contributed by atoms with van der Waals surface area (Å²) in [6, 6.07) is 10.5. The zero-order valence-electron chi connectivity index (χ0n) is 10.1. The Morgan fingerprint density at radius 3 is 2.62 bits per heavy atom. The van der Waals surface area contributed by atoms with Crippen molar-refractivity contribution in [2.45, 2.75) is 33.1 Å². The van der Waals surface area contributed by atoms with Crippen molar-refractivity contribution in [3.8, 4) is 0 Å². The van der Waals surface area contributed by atoms with Crippen LogP contribution in [0.25, 0.3) is 0 Å². The molecule has 1 aromatic rings. The molecule has 0 aliphatic rings. The van der Waals surface area contributed by atoms with Gasteiger partial charge < -0.3 is 0 Å². The normalized spacial score (nSPS) is 12.4. The van der Waals surface area contributed by atoms with Gasteiger partial charge in [-0.15, -0.1) is 0 Å². The van der Waals surface area contributed by atoms with Crippen LogP contribution in [0.4, 0.5) is 0 Å². The number of hydrogen-bond acceptors (Lipinski definition) is 2. The van der Waals surface area contributed by atoms with E-state index in [0.717, 1.165) is 18.6 Å². The Labute approximate surface area is 103 Å². The van der Waals surface area contributed by atoms with Gasteiger partial charge in [-0.25, -0.2) is 0 Å². The van der Waals surface area contributed by atoms with Crippen LogP contribution in [0.2, 0.25) is 0 Å². The minimum Gasteiger partial charge on any atom is -0.287 e. The van der Waals surface area contributed by atoms with Crippen LogP contribution in [0.3, 0.4) is 0 Å². The number of thioether (sulfide) groups is 1. The summed E-state index contributed by atoms with van der Waals surface area (Å²) in [6.07, 6.45) is 2.89. The van der Waals surface area contributed by atoms with Crippen LogP contribution in [0.5, 0.6) is 0 Å². The average molecular weight is 236 g/mol. The van der Waals surface area contributed by atoms with Gasteiger partial charge in [0.05, 0.1) is 0 Å². The highest BCUT2D eigenvalue weighted by atomic mass is 32.2. The number of carbonyl (C=O) groups excluding carboxylic acids is 1. The van der Waals surface area contributed by atoms with Crippen LogP contribution in [-0.4, -0.2) is 10.9 Å². The van der Waals surface area contributed by atoms with Gasteiger partial charge in [0.2, 0.25) is 0 Å². The Bertz CT molecular complexity index is 308. The zero-order chi connectivity index (χ0) is 11.8. The molecular weight excluding hydrogens is 216 g/mol. The number of aryl methyl sites for hydroxylation is 1. The molecule has 0 aliphatic heterocycles. The molecule has 2 heteroatoms. The second-order valence-electron chi connectivity index (χ2n) is 4.14. The minimum absolute atomic E-state index is 0.336. The fraction of sp³-hybridized carbons (Fsp3) is 0.500. The molecule has 88 valence electrons. The van der Waals surface area contributed by atoms with E-state index in [2.05, 4.69) is 31.2 Å². The SMILES string of the molecule is CCSC(=O)C[C@H](C)CCc1ccccc1. The third-order valence-electron chi connectivity index (χ3n) is 2.59. The van der Waals surface area contributed by atoms with Crippen molar-refractivity contribution in [2.24, 2.45) is 5.92 Å². The smallest absolute Gasteiger partial charge is 0.189 e. The summed E-state index contributed by atoms with van der Waals surface area (Å²) in [4.78, 5) is 11.4. The Kier molecular flexibility index (Phi) is 6.24. The van der Waals surface area contributed by atoms with Crippen molar-refractivity contribution in [3.63, 3.8) is 0 Å². The fourth-order valence-electron chi connectivity index (χ4n) is 1.66. The highest BCUT2D eigenvalue weighted by molar-refractivity contribution is 8.13. The fourth-order valence-corrected chi connectivity index (χ4v) is 2.39. The first-order chi connectivity index (χ1) is 7.72. The molecule has 0 aliphatic carbocycles. The molecule has 0 aromatic heterocycles. The second kappa shape index (κ2) is 7.50. The van der Waals surface area contributed by atoms with Crippen LogP contribution in [0, 0.1) is 5.92 Å². The van der Waals surface area contributed by atoms with Gasteiger partial charge in [0.25, 0.3) is 0 Å². The number of rotatable bonds is 6. The maximum atomic E-state index is 11.4. The van der Waals surface area contributed by atoms with Crippen molar-refractivity contribution >= 4 is 16.9 Å². The molecular formula is C14H20OS. The molecule has 0 spiro atoms. The van der Waals surface area contributed by atoms with Crippen molar-refractivity contribution in [1.82, 2.24) is 0 Å². The molecule has 1 atom stereocenters. The molecule has 0 saturated carbocycles. The van der Waals surface area contributed by atoms with Gasteiger partial charge in [0, 0.05) is 6.42 Å². The molecule has 0 saturated heterocycles. The molecule has 1 aromatic carbocycles. The maximum absolute atomic E-state index is 11.4. The van der Waals surface area contributed by atoms with Crippen LogP contribution in [0.1, 0.15) is 32.3 Å². The summed E-state index contributed by atoms with van der Waals surface area (Å²) in [7, 11) is 0. The van der Waals surface area contributed by atoms with Crippen LogP contribution in [0.15, 0.2) is 30.3 Å². The van der Waals surface area contributed by atoms with E-state index in [-0.39, 0.29) is 0 Å². The van der Waals surface area contributed by atoms with Gasteiger partial charge in [-0.3, -0.25) is 4.79 Å². The van der Waals surface area contributed by atoms with Gasteiger partial charge >= 0.3 is 0 Å². The van der Waals surface area contributed by atoms with Crippen molar-refractivity contribution in [1.29, 1.82) is 0 Å². The zero-order valence-corrected chi connectivity index (χ0v) is 10.9. The Balaban J connectivity index is 2.25. The topological polar surface area (TPSA) is 17.1 Å². The van der Waals surface area contributed by atoms with Crippen LogP contribution < -0.4 is 0 Å². The molecule has 0 fully saturated rings. The first-order valence-corrected chi connectivity index (χ1v) is 6.90. The second-order valence-corrected chi connectivity index (χ2v) is 5.46. The van der Waals surface area contributed by atoms with Crippen molar-refractivity contribution in [3.05, 3.63) is 35.9 Å². The first kappa shape index (κ1) is 13.3. The molecule has 16 heavy (non-hydrogen) atoms. The highest BCUT2D eigenvalue weighted by Crippen LogP contribution is 2.16. The van der Waals surface area contributed by atoms with E-state index in [1.165, 1.54) is 17.3 Å². The number of benzene rings is 1. The lowest BCUT2D eigenvalue weighted by Crippen LogP contribution is -2.03. The molecule has 1 nitrogen and oxygen atoms in total.